The van der Waals surface area contributed by atoms with E-state index in [1.807, 2.05) is 0 Å². The van der Waals surface area contributed by atoms with E-state index >= 15 is 0 Å². The minimum absolute atomic E-state index is 0.0574. The van der Waals surface area contributed by atoms with E-state index in [0.717, 1.165) is 13.0 Å². The highest BCUT2D eigenvalue weighted by Crippen LogP contribution is 2.15. The van der Waals surface area contributed by atoms with Crippen LogP contribution in [0.1, 0.15) is 37.3 Å². The number of carbonyl (C=O) groups is 1. The molecule has 1 saturated heterocycles. The van der Waals surface area contributed by atoms with E-state index in [-0.39, 0.29) is 17.9 Å². The molecule has 4 heteroatoms. The van der Waals surface area contributed by atoms with Crippen molar-refractivity contribution in [1.29, 1.82) is 0 Å². The van der Waals surface area contributed by atoms with Gasteiger partial charge < -0.3 is 15.7 Å². The van der Waals surface area contributed by atoms with Crippen molar-refractivity contribution in [2.24, 2.45) is 5.92 Å². The molecule has 1 aliphatic heterocycles. The lowest BCUT2D eigenvalue weighted by Crippen LogP contribution is -2.34. The summed E-state index contributed by atoms with van der Waals surface area (Å²) in [6.07, 6.45) is 0.918. The molecular weight excluding hydrogens is 264 g/mol. The summed E-state index contributed by atoms with van der Waals surface area (Å²) in [5.41, 5.74) is 2.52. The van der Waals surface area contributed by atoms with Crippen LogP contribution in [0.15, 0.2) is 24.3 Å². The first-order chi connectivity index (χ1) is 10.1. The molecule has 1 heterocycles. The molecule has 1 amide bonds. The summed E-state index contributed by atoms with van der Waals surface area (Å²) in [5.74, 6) is 0.732. The number of benzene rings is 1. The first kappa shape index (κ1) is 16.0. The molecular formula is C17H26N2O2. The number of amides is 1. The number of rotatable bonds is 6. The molecule has 2 atom stereocenters. The third-order valence-corrected chi connectivity index (χ3v) is 4.15. The Morgan fingerprint density at radius 1 is 1.33 bits per heavy atom. The smallest absolute Gasteiger partial charge is 0.220 e. The Hall–Kier alpha value is -1.39. The summed E-state index contributed by atoms with van der Waals surface area (Å²) in [6.45, 7) is 6.31. The van der Waals surface area contributed by atoms with Crippen molar-refractivity contribution < 1.29 is 9.90 Å². The van der Waals surface area contributed by atoms with Crippen molar-refractivity contribution in [3.05, 3.63) is 35.4 Å². The van der Waals surface area contributed by atoms with Gasteiger partial charge in [-0.2, -0.15) is 0 Å². The van der Waals surface area contributed by atoms with E-state index in [4.69, 9.17) is 0 Å². The number of aryl methyl sites for hydroxylation is 1. The van der Waals surface area contributed by atoms with Gasteiger partial charge in [0.05, 0.1) is 6.10 Å². The maximum atomic E-state index is 11.8. The van der Waals surface area contributed by atoms with Gasteiger partial charge in [-0.3, -0.25) is 4.79 Å². The van der Waals surface area contributed by atoms with Crippen LogP contribution >= 0.6 is 0 Å². The highest BCUT2D eigenvalue weighted by molar-refractivity contribution is 5.76. The molecule has 0 radical (unpaired) electrons. The molecule has 1 aromatic rings. The van der Waals surface area contributed by atoms with Gasteiger partial charge in [0.15, 0.2) is 0 Å². The molecule has 4 nitrogen and oxygen atoms in total. The van der Waals surface area contributed by atoms with Crippen molar-refractivity contribution in [2.45, 2.75) is 38.7 Å². The predicted octanol–water partition coefficient (Wildman–Crippen LogP) is 1.44. The summed E-state index contributed by atoms with van der Waals surface area (Å²) < 4.78 is 0. The SMILES string of the molecule is CC(C)c1ccc(CCC(=O)NCC2CNCC2O)cc1. The van der Waals surface area contributed by atoms with E-state index in [9.17, 15) is 9.90 Å². The van der Waals surface area contributed by atoms with E-state index in [0.29, 0.717) is 25.4 Å². The van der Waals surface area contributed by atoms with Crippen LogP contribution in [-0.2, 0) is 11.2 Å². The fraction of sp³-hybridized carbons (Fsp3) is 0.588. The van der Waals surface area contributed by atoms with Crippen LogP contribution in [0, 0.1) is 5.92 Å². The van der Waals surface area contributed by atoms with E-state index in [1.165, 1.54) is 11.1 Å². The van der Waals surface area contributed by atoms with Crippen LogP contribution in [0.2, 0.25) is 0 Å². The Bertz CT molecular complexity index is 456. The first-order valence-corrected chi connectivity index (χ1v) is 7.80. The standard InChI is InChI=1S/C17H26N2O2/c1-12(2)14-6-3-13(4-7-14)5-8-17(21)19-10-15-9-18-11-16(15)20/h3-4,6-7,12,15-16,18,20H,5,8-11H2,1-2H3,(H,19,21). The van der Waals surface area contributed by atoms with Gasteiger partial charge in [0.25, 0.3) is 0 Å². The second-order valence-corrected chi connectivity index (χ2v) is 6.19. The Morgan fingerprint density at radius 3 is 2.62 bits per heavy atom. The van der Waals surface area contributed by atoms with Crippen molar-refractivity contribution in [1.82, 2.24) is 10.6 Å². The maximum absolute atomic E-state index is 11.8. The van der Waals surface area contributed by atoms with Crippen LogP contribution in [0.5, 0.6) is 0 Å². The largest absolute Gasteiger partial charge is 0.391 e. The summed E-state index contributed by atoms with van der Waals surface area (Å²) in [5, 5.41) is 15.7. The van der Waals surface area contributed by atoms with Gasteiger partial charge in [0, 0.05) is 32.0 Å². The molecule has 0 aromatic heterocycles. The normalized spacial score (nSPS) is 21.7. The second-order valence-electron chi connectivity index (χ2n) is 6.19. The summed E-state index contributed by atoms with van der Waals surface area (Å²) in [7, 11) is 0. The average molecular weight is 290 g/mol. The number of nitrogens with one attached hydrogen (secondary N) is 2. The van der Waals surface area contributed by atoms with E-state index in [2.05, 4.69) is 48.7 Å². The van der Waals surface area contributed by atoms with Gasteiger partial charge in [-0.05, 0) is 23.5 Å². The van der Waals surface area contributed by atoms with Crippen molar-refractivity contribution in [3.8, 4) is 0 Å². The monoisotopic (exact) mass is 290 g/mol. The fourth-order valence-electron chi connectivity index (χ4n) is 2.59. The van der Waals surface area contributed by atoms with Crippen LogP contribution in [0.3, 0.4) is 0 Å². The highest BCUT2D eigenvalue weighted by atomic mass is 16.3. The lowest BCUT2D eigenvalue weighted by Gasteiger charge is -2.14. The fourth-order valence-corrected chi connectivity index (χ4v) is 2.59. The van der Waals surface area contributed by atoms with E-state index in [1.54, 1.807) is 0 Å². The molecule has 1 aromatic carbocycles. The number of hydrogen-bond donors (Lipinski definition) is 3. The Balaban J connectivity index is 1.71. The minimum atomic E-state index is -0.339. The zero-order valence-electron chi connectivity index (χ0n) is 12.9. The van der Waals surface area contributed by atoms with Crippen LogP contribution < -0.4 is 10.6 Å². The van der Waals surface area contributed by atoms with E-state index < -0.39 is 0 Å². The van der Waals surface area contributed by atoms with Gasteiger partial charge in [-0.1, -0.05) is 38.1 Å². The number of hydrogen-bond acceptors (Lipinski definition) is 3. The summed E-state index contributed by atoms with van der Waals surface area (Å²) in [6, 6.07) is 8.48. The van der Waals surface area contributed by atoms with Crippen LogP contribution in [-0.4, -0.2) is 36.8 Å². The van der Waals surface area contributed by atoms with Gasteiger partial charge in [-0.15, -0.1) is 0 Å². The number of aliphatic hydroxyl groups excluding tert-OH is 1. The Morgan fingerprint density at radius 2 is 2.05 bits per heavy atom. The van der Waals surface area contributed by atoms with Crippen LogP contribution in [0.4, 0.5) is 0 Å². The van der Waals surface area contributed by atoms with Gasteiger partial charge in [-0.25, -0.2) is 0 Å². The molecule has 1 fully saturated rings. The lowest BCUT2D eigenvalue weighted by atomic mass is 10.0. The third kappa shape index (κ3) is 4.83. The molecule has 21 heavy (non-hydrogen) atoms. The second kappa shape index (κ2) is 7.57. The van der Waals surface area contributed by atoms with Gasteiger partial charge >= 0.3 is 0 Å². The molecule has 2 rings (SSSR count). The number of β-amino-alcohol motifs (C(OH)–C–C–N with tert-alkyl or cyclic N) is 1. The van der Waals surface area contributed by atoms with Crippen molar-refractivity contribution in [2.75, 3.05) is 19.6 Å². The molecule has 0 saturated carbocycles. The number of carbonyl (C=O) groups excluding carboxylic acids is 1. The molecule has 0 aliphatic carbocycles. The first-order valence-electron chi connectivity index (χ1n) is 7.80. The van der Waals surface area contributed by atoms with Crippen molar-refractivity contribution in [3.63, 3.8) is 0 Å². The van der Waals surface area contributed by atoms with Gasteiger partial charge in [0.2, 0.25) is 5.91 Å². The Kier molecular flexibility index (Phi) is 5.76. The molecule has 0 bridgehead atoms. The minimum Gasteiger partial charge on any atom is -0.391 e. The molecule has 1 aliphatic rings. The molecule has 3 N–H and O–H groups in total. The summed E-state index contributed by atoms with van der Waals surface area (Å²) in [4.78, 5) is 11.8. The molecule has 116 valence electrons. The zero-order chi connectivity index (χ0) is 15.2. The highest BCUT2D eigenvalue weighted by Gasteiger charge is 2.24. The number of aliphatic hydroxyl groups is 1. The lowest BCUT2D eigenvalue weighted by molar-refractivity contribution is -0.121. The quantitative estimate of drug-likeness (QED) is 0.743. The zero-order valence-corrected chi connectivity index (χ0v) is 12.9. The topological polar surface area (TPSA) is 61.4 Å². The summed E-state index contributed by atoms with van der Waals surface area (Å²) >= 11 is 0. The maximum Gasteiger partial charge on any atom is 0.220 e. The predicted molar refractivity (Wildman–Crippen MR) is 84.2 cm³/mol. The third-order valence-electron chi connectivity index (χ3n) is 4.15. The van der Waals surface area contributed by atoms with Gasteiger partial charge in [0.1, 0.15) is 0 Å². The molecule has 0 spiro atoms. The van der Waals surface area contributed by atoms with Crippen molar-refractivity contribution >= 4 is 5.91 Å². The Labute approximate surface area is 126 Å². The average Bonchev–Trinajstić information content (AvgIpc) is 2.88. The van der Waals surface area contributed by atoms with Crippen LogP contribution in [0.25, 0.3) is 0 Å². The molecule has 2 unspecified atom stereocenters.